The monoisotopic (exact) mass is 284 g/mol. The van der Waals surface area contributed by atoms with E-state index in [9.17, 15) is 4.79 Å². The standard InChI is InChI=1S/C13H20N2O3S/c1-3-18-11-6-10(7-11)15-13-14-9(8-19-13)4-5-12(16)17-2/h8,10-11H,3-7H2,1-2H3,(H,14,15). The van der Waals surface area contributed by atoms with Crippen LogP contribution in [0.3, 0.4) is 0 Å². The van der Waals surface area contributed by atoms with E-state index in [4.69, 9.17) is 4.74 Å². The number of ether oxygens (including phenoxy) is 2. The van der Waals surface area contributed by atoms with Crippen LogP contribution in [0.2, 0.25) is 0 Å². The van der Waals surface area contributed by atoms with Crippen LogP contribution in [0.4, 0.5) is 5.13 Å². The first kappa shape index (κ1) is 14.3. The summed E-state index contributed by atoms with van der Waals surface area (Å²) in [4.78, 5) is 15.5. The Labute approximate surface area is 117 Å². The summed E-state index contributed by atoms with van der Waals surface area (Å²) in [6.07, 6.45) is 3.52. The zero-order valence-electron chi connectivity index (χ0n) is 11.3. The minimum Gasteiger partial charge on any atom is -0.469 e. The van der Waals surface area contributed by atoms with Crippen LogP contribution in [-0.2, 0) is 20.7 Å². The predicted molar refractivity (Wildman–Crippen MR) is 74.5 cm³/mol. The van der Waals surface area contributed by atoms with Crippen molar-refractivity contribution in [2.75, 3.05) is 19.0 Å². The molecule has 0 amide bonds. The average Bonchev–Trinajstić information content (AvgIpc) is 2.81. The molecule has 0 aliphatic heterocycles. The maximum Gasteiger partial charge on any atom is 0.305 e. The number of nitrogens with one attached hydrogen (secondary N) is 1. The van der Waals surface area contributed by atoms with E-state index in [2.05, 4.69) is 15.0 Å². The molecule has 1 heterocycles. The molecule has 106 valence electrons. The minimum atomic E-state index is -0.193. The molecule has 0 unspecified atom stereocenters. The Morgan fingerprint density at radius 1 is 1.58 bits per heavy atom. The Morgan fingerprint density at radius 2 is 2.37 bits per heavy atom. The molecule has 19 heavy (non-hydrogen) atoms. The number of esters is 1. The smallest absolute Gasteiger partial charge is 0.305 e. The van der Waals surface area contributed by atoms with Crippen molar-refractivity contribution in [3.8, 4) is 0 Å². The minimum absolute atomic E-state index is 0.193. The van der Waals surface area contributed by atoms with Crippen molar-refractivity contribution < 1.29 is 14.3 Å². The summed E-state index contributed by atoms with van der Waals surface area (Å²) in [5, 5.41) is 6.32. The number of thiazole rings is 1. The van der Waals surface area contributed by atoms with Crippen molar-refractivity contribution in [1.29, 1.82) is 0 Å². The number of aryl methyl sites for hydroxylation is 1. The van der Waals surface area contributed by atoms with E-state index in [0.29, 0.717) is 25.0 Å². The maximum absolute atomic E-state index is 11.0. The maximum atomic E-state index is 11.0. The Morgan fingerprint density at radius 3 is 3.05 bits per heavy atom. The van der Waals surface area contributed by atoms with Gasteiger partial charge in [-0.15, -0.1) is 11.3 Å². The van der Waals surface area contributed by atoms with Crippen LogP contribution in [0, 0.1) is 0 Å². The Bertz CT molecular complexity index is 416. The van der Waals surface area contributed by atoms with Gasteiger partial charge in [0.15, 0.2) is 5.13 Å². The number of anilines is 1. The fourth-order valence-corrected chi connectivity index (χ4v) is 2.87. The molecule has 0 aromatic carbocycles. The topological polar surface area (TPSA) is 60.5 Å². The van der Waals surface area contributed by atoms with Gasteiger partial charge in [0.2, 0.25) is 0 Å². The van der Waals surface area contributed by atoms with Crippen LogP contribution in [-0.4, -0.2) is 36.8 Å². The highest BCUT2D eigenvalue weighted by molar-refractivity contribution is 7.13. The summed E-state index contributed by atoms with van der Waals surface area (Å²) in [5.41, 5.74) is 0.943. The second-order valence-corrected chi connectivity index (χ2v) is 5.47. The van der Waals surface area contributed by atoms with Crippen LogP contribution < -0.4 is 5.32 Å². The highest BCUT2D eigenvalue weighted by Crippen LogP contribution is 2.28. The molecule has 1 aliphatic rings. The number of carbonyl (C=O) groups is 1. The van der Waals surface area contributed by atoms with Gasteiger partial charge in [-0.25, -0.2) is 4.98 Å². The van der Waals surface area contributed by atoms with Crippen molar-refractivity contribution in [1.82, 2.24) is 4.98 Å². The summed E-state index contributed by atoms with van der Waals surface area (Å²) < 4.78 is 10.1. The van der Waals surface area contributed by atoms with Gasteiger partial charge in [-0.05, 0) is 19.8 Å². The first-order valence-corrected chi connectivity index (χ1v) is 7.48. The Kier molecular flexibility index (Phi) is 5.15. The predicted octanol–water partition coefficient (Wildman–Crippen LogP) is 2.23. The van der Waals surface area contributed by atoms with Gasteiger partial charge in [0.1, 0.15) is 0 Å². The van der Waals surface area contributed by atoms with Crippen LogP contribution in [0.5, 0.6) is 0 Å². The molecular formula is C13H20N2O3S. The molecule has 2 rings (SSSR count). The number of methoxy groups -OCH3 is 1. The molecule has 0 saturated heterocycles. The third kappa shape index (κ3) is 4.18. The third-order valence-electron chi connectivity index (χ3n) is 3.19. The lowest BCUT2D eigenvalue weighted by molar-refractivity contribution is -0.140. The summed E-state index contributed by atoms with van der Waals surface area (Å²) in [6, 6.07) is 0.469. The van der Waals surface area contributed by atoms with Gasteiger partial charge >= 0.3 is 5.97 Å². The molecule has 0 spiro atoms. The molecule has 1 aromatic heterocycles. The zero-order chi connectivity index (χ0) is 13.7. The summed E-state index contributed by atoms with van der Waals surface area (Å²) in [6.45, 7) is 2.81. The molecular weight excluding hydrogens is 264 g/mol. The Balaban J connectivity index is 1.71. The zero-order valence-corrected chi connectivity index (χ0v) is 12.2. The normalized spacial score (nSPS) is 21.8. The van der Waals surface area contributed by atoms with E-state index in [1.165, 1.54) is 7.11 Å². The van der Waals surface area contributed by atoms with Crippen LogP contribution in [0.25, 0.3) is 0 Å². The van der Waals surface area contributed by atoms with Crippen molar-refractivity contribution in [3.63, 3.8) is 0 Å². The van der Waals surface area contributed by atoms with Crippen LogP contribution in [0.15, 0.2) is 5.38 Å². The molecule has 0 radical (unpaired) electrons. The van der Waals surface area contributed by atoms with Gasteiger partial charge in [0.05, 0.1) is 25.3 Å². The van der Waals surface area contributed by atoms with Gasteiger partial charge in [0.25, 0.3) is 0 Å². The summed E-state index contributed by atoms with van der Waals surface area (Å²) >= 11 is 1.59. The quantitative estimate of drug-likeness (QED) is 0.778. The second kappa shape index (κ2) is 6.86. The van der Waals surface area contributed by atoms with Gasteiger partial charge in [-0.2, -0.15) is 0 Å². The number of hydrogen-bond acceptors (Lipinski definition) is 6. The average molecular weight is 284 g/mol. The number of aromatic nitrogens is 1. The molecule has 6 heteroatoms. The van der Waals surface area contributed by atoms with E-state index >= 15 is 0 Å². The van der Waals surface area contributed by atoms with Crippen LogP contribution in [0.1, 0.15) is 31.9 Å². The number of rotatable bonds is 7. The fraction of sp³-hybridized carbons (Fsp3) is 0.692. The van der Waals surface area contributed by atoms with E-state index in [1.54, 1.807) is 11.3 Å². The van der Waals surface area contributed by atoms with Crippen molar-refractivity contribution in [2.24, 2.45) is 0 Å². The third-order valence-corrected chi connectivity index (χ3v) is 4.01. The number of carbonyl (C=O) groups excluding carboxylic acids is 1. The summed E-state index contributed by atoms with van der Waals surface area (Å²) in [5.74, 6) is -0.193. The van der Waals surface area contributed by atoms with Gasteiger partial charge < -0.3 is 14.8 Å². The van der Waals surface area contributed by atoms with Crippen LogP contribution >= 0.6 is 11.3 Å². The SMILES string of the molecule is CCOC1CC(Nc2nc(CCC(=O)OC)cs2)C1. The molecule has 1 saturated carbocycles. The molecule has 1 N–H and O–H groups in total. The molecule has 5 nitrogen and oxygen atoms in total. The van der Waals surface area contributed by atoms with Crippen molar-refractivity contribution in [2.45, 2.75) is 44.8 Å². The molecule has 1 aromatic rings. The number of nitrogens with zero attached hydrogens (tertiary/aromatic N) is 1. The first-order valence-electron chi connectivity index (χ1n) is 6.60. The number of hydrogen-bond donors (Lipinski definition) is 1. The molecule has 1 fully saturated rings. The lowest BCUT2D eigenvalue weighted by Crippen LogP contribution is -2.40. The van der Waals surface area contributed by atoms with E-state index < -0.39 is 0 Å². The van der Waals surface area contributed by atoms with Crippen molar-refractivity contribution in [3.05, 3.63) is 11.1 Å². The van der Waals surface area contributed by atoms with Gasteiger partial charge in [-0.3, -0.25) is 4.79 Å². The van der Waals surface area contributed by atoms with Crippen molar-refractivity contribution >= 4 is 22.4 Å². The van der Waals surface area contributed by atoms with Gasteiger partial charge in [0, 0.05) is 24.4 Å². The lowest BCUT2D eigenvalue weighted by atomic mass is 9.89. The Hall–Kier alpha value is -1.14. The summed E-state index contributed by atoms with van der Waals surface area (Å²) in [7, 11) is 1.40. The molecule has 0 bridgehead atoms. The highest BCUT2D eigenvalue weighted by atomic mass is 32.1. The van der Waals surface area contributed by atoms with Gasteiger partial charge in [-0.1, -0.05) is 0 Å². The van der Waals surface area contributed by atoms with E-state index in [1.807, 2.05) is 12.3 Å². The molecule has 1 aliphatic carbocycles. The van der Waals surface area contributed by atoms with E-state index in [0.717, 1.165) is 30.3 Å². The second-order valence-electron chi connectivity index (χ2n) is 4.61. The highest BCUT2D eigenvalue weighted by Gasteiger charge is 2.29. The molecule has 0 atom stereocenters. The fourth-order valence-electron chi connectivity index (χ4n) is 2.05. The van der Waals surface area contributed by atoms with E-state index in [-0.39, 0.29) is 5.97 Å². The largest absolute Gasteiger partial charge is 0.469 e. The first-order chi connectivity index (χ1) is 9.21. The lowest BCUT2D eigenvalue weighted by Gasteiger charge is -2.35.